The summed E-state index contributed by atoms with van der Waals surface area (Å²) in [5.41, 5.74) is 1.06. The van der Waals surface area contributed by atoms with Gasteiger partial charge in [-0.1, -0.05) is 30.3 Å². The number of ether oxygens (including phenoxy) is 2. The van der Waals surface area contributed by atoms with E-state index >= 15 is 0 Å². The molecule has 0 radical (unpaired) electrons. The third kappa shape index (κ3) is 5.09. The Morgan fingerprint density at radius 1 is 1.38 bits per heavy atom. The van der Waals surface area contributed by atoms with Crippen LogP contribution >= 0.6 is 11.6 Å². The molecule has 1 heterocycles. The number of halogens is 2. The van der Waals surface area contributed by atoms with Crippen LogP contribution in [0.1, 0.15) is 23.8 Å². The number of benzene rings is 1. The Bertz CT molecular complexity index is 670. The quantitative estimate of drug-likeness (QED) is 0.769. The van der Waals surface area contributed by atoms with Crippen LogP contribution in [-0.4, -0.2) is 24.7 Å². The molecule has 0 spiro atoms. The zero-order valence-corrected chi connectivity index (χ0v) is 13.9. The Morgan fingerprint density at radius 3 is 2.75 bits per heavy atom. The summed E-state index contributed by atoms with van der Waals surface area (Å²) in [7, 11) is 1.49. The van der Waals surface area contributed by atoms with Crippen molar-refractivity contribution < 1.29 is 18.7 Å². The zero-order valence-electron chi connectivity index (χ0n) is 13.2. The van der Waals surface area contributed by atoms with Crippen LogP contribution in [0.2, 0.25) is 0 Å². The second kappa shape index (κ2) is 9.08. The van der Waals surface area contributed by atoms with Crippen molar-refractivity contribution in [1.82, 2.24) is 10.3 Å². The standard InChI is InChI=1S/C17H18ClFN2O3/c1-20-17(22)23-8-7-16(12-5-3-2-4-6-12)24-13-9-14(19)15(10-18)21-11-13/h2-6,9,11,16H,7-8,10H2,1H3,(H,20,22)/t16-/m0/s1. The van der Waals surface area contributed by atoms with Gasteiger partial charge < -0.3 is 14.8 Å². The average molecular weight is 353 g/mol. The maximum atomic E-state index is 13.8. The van der Waals surface area contributed by atoms with Crippen LogP contribution in [0.25, 0.3) is 0 Å². The van der Waals surface area contributed by atoms with Crippen LogP contribution in [0.4, 0.5) is 9.18 Å². The van der Waals surface area contributed by atoms with Crippen molar-refractivity contribution in [3.05, 3.63) is 59.7 Å². The molecule has 0 unspecified atom stereocenters. The first-order valence-corrected chi connectivity index (χ1v) is 7.94. The number of hydrogen-bond donors (Lipinski definition) is 1. The van der Waals surface area contributed by atoms with Gasteiger partial charge in [0.2, 0.25) is 0 Å². The highest BCUT2D eigenvalue weighted by Crippen LogP contribution is 2.25. The fraction of sp³-hybridized carbons (Fsp3) is 0.294. The molecule has 1 N–H and O–H groups in total. The summed E-state index contributed by atoms with van der Waals surface area (Å²) in [4.78, 5) is 15.1. The number of hydrogen-bond acceptors (Lipinski definition) is 4. The minimum atomic E-state index is -0.518. The Kier molecular flexibility index (Phi) is 6.81. The molecule has 0 saturated heterocycles. The third-order valence-electron chi connectivity index (χ3n) is 3.29. The van der Waals surface area contributed by atoms with Crippen molar-refractivity contribution in [1.29, 1.82) is 0 Å². The fourth-order valence-corrected chi connectivity index (χ4v) is 2.26. The van der Waals surface area contributed by atoms with Crippen molar-refractivity contribution in [3.8, 4) is 5.75 Å². The van der Waals surface area contributed by atoms with Crippen molar-refractivity contribution in [2.45, 2.75) is 18.4 Å². The van der Waals surface area contributed by atoms with Crippen molar-refractivity contribution in [2.75, 3.05) is 13.7 Å². The molecule has 7 heteroatoms. The van der Waals surface area contributed by atoms with Gasteiger partial charge in [-0.3, -0.25) is 4.98 Å². The first-order valence-electron chi connectivity index (χ1n) is 7.40. The maximum absolute atomic E-state index is 13.8. The van der Waals surface area contributed by atoms with Crippen molar-refractivity contribution in [2.24, 2.45) is 0 Å². The van der Waals surface area contributed by atoms with Gasteiger partial charge in [0, 0.05) is 19.5 Å². The minimum absolute atomic E-state index is 0.00576. The van der Waals surface area contributed by atoms with E-state index in [4.69, 9.17) is 21.1 Å². The highest BCUT2D eigenvalue weighted by molar-refractivity contribution is 6.16. The van der Waals surface area contributed by atoms with Crippen LogP contribution in [0.15, 0.2) is 42.6 Å². The van der Waals surface area contributed by atoms with Crippen LogP contribution in [0.3, 0.4) is 0 Å². The Hall–Kier alpha value is -2.34. The maximum Gasteiger partial charge on any atom is 0.406 e. The molecule has 2 rings (SSSR count). The Balaban J connectivity index is 2.10. The number of alkyl carbamates (subject to hydrolysis) is 1. The molecule has 128 valence electrons. The highest BCUT2D eigenvalue weighted by Gasteiger charge is 2.16. The lowest BCUT2D eigenvalue weighted by Crippen LogP contribution is -2.21. The number of amides is 1. The van der Waals surface area contributed by atoms with E-state index in [0.717, 1.165) is 5.56 Å². The fourth-order valence-electron chi connectivity index (χ4n) is 2.07. The van der Waals surface area contributed by atoms with Crippen LogP contribution in [0.5, 0.6) is 5.75 Å². The molecular formula is C17H18ClFN2O3. The summed E-state index contributed by atoms with van der Waals surface area (Å²) in [5.74, 6) is -0.236. The van der Waals surface area contributed by atoms with Gasteiger partial charge in [0.1, 0.15) is 17.7 Å². The lowest BCUT2D eigenvalue weighted by atomic mass is 10.1. The monoisotopic (exact) mass is 352 g/mol. The molecule has 0 aliphatic carbocycles. The number of carbonyl (C=O) groups is 1. The van der Waals surface area contributed by atoms with E-state index in [2.05, 4.69) is 10.3 Å². The number of nitrogens with zero attached hydrogens (tertiary/aromatic N) is 1. The predicted molar refractivity (Wildman–Crippen MR) is 88.6 cm³/mol. The van der Waals surface area contributed by atoms with Crippen molar-refractivity contribution in [3.63, 3.8) is 0 Å². The van der Waals surface area contributed by atoms with E-state index in [1.54, 1.807) is 0 Å². The van der Waals surface area contributed by atoms with Gasteiger partial charge >= 0.3 is 6.09 Å². The Labute approximate surface area is 144 Å². The molecule has 1 aromatic carbocycles. The summed E-state index contributed by atoms with van der Waals surface area (Å²) in [6, 6.07) is 10.7. The molecular weight excluding hydrogens is 335 g/mol. The van der Waals surface area contributed by atoms with E-state index in [0.29, 0.717) is 6.42 Å². The molecule has 24 heavy (non-hydrogen) atoms. The number of pyridine rings is 1. The number of carbonyl (C=O) groups excluding carboxylic acids is 1. The van der Waals surface area contributed by atoms with Gasteiger partial charge in [0.05, 0.1) is 24.4 Å². The number of nitrogens with one attached hydrogen (secondary N) is 1. The predicted octanol–water partition coefficient (Wildman–Crippen LogP) is 3.83. The summed E-state index contributed by atoms with van der Waals surface area (Å²) in [5, 5.41) is 2.37. The third-order valence-corrected chi connectivity index (χ3v) is 3.54. The molecule has 1 amide bonds. The van der Waals surface area contributed by atoms with Gasteiger partial charge in [0.25, 0.3) is 0 Å². The molecule has 5 nitrogen and oxygen atoms in total. The summed E-state index contributed by atoms with van der Waals surface area (Å²) in [6.45, 7) is 0.162. The molecule has 0 saturated carbocycles. The van der Waals surface area contributed by atoms with E-state index in [1.807, 2.05) is 30.3 Å². The number of alkyl halides is 1. The summed E-state index contributed by atoms with van der Waals surface area (Å²) < 4.78 is 24.6. The van der Waals surface area contributed by atoms with E-state index in [9.17, 15) is 9.18 Å². The van der Waals surface area contributed by atoms with Gasteiger partial charge in [-0.25, -0.2) is 9.18 Å². The zero-order chi connectivity index (χ0) is 17.4. The largest absolute Gasteiger partial charge is 0.484 e. The normalized spacial score (nSPS) is 11.6. The second-order valence-corrected chi connectivity index (χ2v) is 5.19. The smallest absolute Gasteiger partial charge is 0.406 e. The van der Waals surface area contributed by atoms with E-state index in [1.165, 1.54) is 19.3 Å². The Morgan fingerprint density at radius 2 is 2.12 bits per heavy atom. The lowest BCUT2D eigenvalue weighted by Gasteiger charge is -2.19. The summed E-state index contributed by atoms with van der Waals surface area (Å²) >= 11 is 5.60. The summed E-state index contributed by atoms with van der Waals surface area (Å²) in [6.07, 6.45) is 0.923. The average Bonchev–Trinajstić information content (AvgIpc) is 2.61. The van der Waals surface area contributed by atoms with Gasteiger partial charge in [-0.05, 0) is 5.56 Å². The molecule has 2 aromatic rings. The second-order valence-electron chi connectivity index (χ2n) is 4.92. The number of rotatable bonds is 7. The molecule has 0 aliphatic heterocycles. The topological polar surface area (TPSA) is 60.5 Å². The number of aromatic nitrogens is 1. The van der Waals surface area contributed by atoms with E-state index < -0.39 is 18.0 Å². The van der Waals surface area contributed by atoms with Crippen LogP contribution in [0, 0.1) is 5.82 Å². The van der Waals surface area contributed by atoms with Crippen LogP contribution < -0.4 is 10.1 Å². The van der Waals surface area contributed by atoms with Crippen LogP contribution in [-0.2, 0) is 10.6 Å². The minimum Gasteiger partial charge on any atom is -0.484 e. The molecule has 1 atom stereocenters. The molecule has 0 fully saturated rings. The SMILES string of the molecule is CNC(=O)OCC[C@H](Oc1cnc(CCl)c(F)c1)c1ccccc1. The first kappa shape index (κ1) is 18.0. The van der Waals surface area contributed by atoms with Crippen molar-refractivity contribution >= 4 is 17.7 Å². The molecule has 0 aliphatic rings. The van der Waals surface area contributed by atoms with Gasteiger partial charge in [-0.2, -0.15) is 0 Å². The highest BCUT2D eigenvalue weighted by atomic mass is 35.5. The van der Waals surface area contributed by atoms with Gasteiger partial charge in [0.15, 0.2) is 0 Å². The molecule has 1 aromatic heterocycles. The first-order chi connectivity index (χ1) is 11.6. The van der Waals surface area contributed by atoms with Gasteiger partial charge in [-0.15, -0.1) is 11.6 Å². The lowest BCUT2D eigenvalue weighted by molar-refractivity contribution is 0.117. The van der Waals surface area contributed by atoms with E-state index in [-0.39, 0.29) is 23.9 Å². The molecule has 0 bridgehead atoms.